The van der Waals surface area contributed by atoms with Gasteiger partial charge in [-0.2, -0.15) is 0 Å². The van der Waals surface area contributed by atoms with E-state index < -0.39 is 5.97 Å². The molecule has 0 radical (unpaired) electrons. The molecule has 1 rings (SSSR count). The summed E-state index contributed by atoms with van der Waals surface area (Å²) in [5.41, 5.74) is 1.31. The van der Waals surface area contributed by atoms with Gasteiger partial charge in [0.1, 0.15) is 5.00 Å². The number of nitrogens with one attached hydrogen (secondary N) is 1. The Bertz CT molecular complexity index is 583. The molecule has 0 aliphatic heterocycles. The molecular weight excluding hydrogens is 350 g/mol. The van der Waals surface area contributed by atoms with E-state index in [0.29, 0.717) is 16.5 Å². The lowest BCUT2D eigenvalue weighted by Gasteiger charge is -2.09. The van der Waals surface area contributed by atoms with Crippen molar-refractivity contribution < 1.29 is 23.9 Å². The molecule has 8 heteroatoms. The third-order valence-corrected chi connectivity index (χ3v) is 4.76. The second-order valence-electron chi connectivity index (χ2n) is 5.40. The Kier molecular flexibility index (Phi) is 8.84. The van der Waals surface area contributed by atoms with Crippen molar-refractivity contribution in [2.75, 3.05) is 30.5 Å². The van der Waals surface area contributed by atoms with Crippen LogP contribution in [0.3, 0.4) is 0 Å². The van der Waals surface area contributed by atoms with E-state index in [0.717, 1.165) is 23.7 Å². The number of esters is 2. The molecule has 0 bridgehead atoms. The topological polar surface area (TPSA) is 81.7 Å². The Morgan fingerprint density at radius 3 is 2.58 bits per heavy atom. The van der Waals surface area contributed by atoms with Crippen LogP contribution in [-0.2, 0) is 25.5 Å². The maximum Gasteiger partial charge on any atom is 0.341 e. The highest BCUT2D eigenvalue weighted by Crippen LogP contribution is 2.31. The predicted octanol–water partition coefficient (Wildman–Crippen LogP) is 2.97. The highest BCUT2D eigenvalue weighted by atomic mass is 32.2. The number of thioether (sulfide) groups is 1. The molecule has 1 N–H and O–H groups in total. The summed E-state index contributed by atoms with van der Waals surface area (Å²) in [4.78, 5) is 35.3. The molecule has 0 saturated heterocycles. The zero-order valence-corrected chi connectivity index (χ0v) is 16.0. The quantitative estimate of drug-likeness (QED) is 0.670. The smallest absolute Gasteiger partial charge is 0.341 e. The van der Waals surface area contributed by atoms with Gasteiger partial charge in [0.15, 0.2) is 0 Å². The third kappa shape index (κ3) is 6.52. The van der Waals surface area contributed by atoms with E-state index in [1.165, 1.54) is 18.4 Å². The summed E-state index contributed by atoms with van der Waals surface area (Å²) in [5, 5.41) is 5.11. The number of carbonyl (C=O) groups is 3. The molecule has 0 aliphatic carbocycles. The molecule has 134 valence electrons. The fourth-order valence-electron chi connectivity index (χ4n) is 1.95. The number of carbonyl (C=O) groups excluding carboxylic acids is 3. The Balaban J connectivity index is 2.79. The first-order chi connectivity index (χ1) is 11.4. The van der Waals surface area contributed by atoms with E-state index >= 15 is 0 Å². The fraction of sp³-hybridized carbons (Fsp3) is 0.562. The molecule has 0 fully saturated rings. The van der Waals surface area contributed by atoms with Crippen molar-refractivity contribution in [1.29, 1.82) is 0 Å². The van der Waals surface area contributed by atoms with Crippen molar-refractivity contribution in [3.05, 3.63) is 16.5 Å². The second kappa shape index (κ2) is 10.4. The summed E-state index contributed by atoms with van der Waals surface area (Å²) in [6, 6.07) is 0. The van der Waals surface area contributed by atoms with Crippen LogP contribution in [0.25, 0.3) is 0 Å². The predicted molar refractivity (Wildman–Crippen MR) is 96.8 cm³/mol. The van der Waals surface area contributed by atoms with Crippen molar-refractivity contribution in [2.45, 2.75) is 27.2 Å². The Morgan fingerprint density at radius 1 is 1.29 bits per heavy atom. The minimum atomic E-state index is -0.424. The first-order valence-corrected chi connectivity index (χ1v) is 9.64. The van der Waals surface area contributed by atoms with Crippen molar-refractivity contribution in [3.8, 4) is 0 Å². The van der Waals surface area contributed by atoms with Gasteiger partial charge in [0, 0.05) is 0 Å². The van der Waals surface area contributed by atoms with Crippen LogP contribution in [0.15, 0.2) is 5.38 Å². The highest BCUT2D eigenvalue weighted by molar-refractivity contribution is 8.00. The minimum absolute atomic E-state index is 0.106. The largest absolute Gasteiger partial charge is 0.468 e. The molecule has 0 saturated carbocycles. The number of methoxy groups -OCH3 is 1. The van der Waals surface area contributed by atoms with Crippen LogP contribution >= 0.6 is 23.1 Å². The van der Waals surface area contributed by atoms with Crippen LogP contribution in [0.1, 0.15) is 36.7 Å². The van der Waals surface area contributed by atoms with Crippen molar-refractivity contribution in [2.24, 2.45) is 5.92 Å². The van der Waals surface area contributed by atoms with Gasteiger partial charge in [-0.1, -0.05) is 13.8 Å². The van der Waals surface area contributed by atoms with Gasteiger partial charge >= 0.3 is 11.9 Å². The lowest BCUT2D eigenvalue weighted by atomic mass is 10.0. The normalized spacial score (nSPS) is 10.5. The lowest BCUT2D eigenvalue weighted by molar-refractivity contribution is -0.137. The highest BCUT2D eigenvalue weighted by Gasteiger charge is 2.22. The number of amides is 1. The van der Waals surface area contributed by atoms with Crippen LogP contribution in [0.2, 0.25) is 0 Å². The van der Waals surface area contributed by atoms with Crippen LogP contribution < -0.4 is 5.32 Å². The lowest BCUT2D eigenvalue weighted by Crippen LogP contribution is -2.18. The van der Waals surface area contributed by atoms with Crippen LogP contribution in [0, 0.1) is 5.92 Å². The first-order valence-electron chi connectivity index (χ1n) is 7.60. The van der Waals surface area contributed by atoms with E-state index in [-0.39, 0.29) is 30.0 Å². The van der Waals surface area contributed by atoms with Gasteiger partial charge in [0.2, 0.25) is 5.91 Å². The Hall–Kier alpha value is -1.54. The average Bonchev–Trinajstić information content (AvgIpc) is 2.88. The molecule has 0 aromatic carbocycles. The van der Waals surface area contributed by atoms with Crippen LogP contribution in [-0.4, -0.2) is 43.1 Å². The Morgan fingerprint density at radius 2 is 2.00 bits per heavy atom. The summed E-state index contributed by atoms with van der Waals surface area (Å²) >= 11 is 2.47. The molecule has 1 aromatic rings. The maximum absolute atomic E-state index is 12.2. The van der Waals surface area contributed by atoms with E-state index in [4.69, 9.17) is 4.74 Å². The third-order valence-electron chi connectivity index (χ3n) is 2.91. The zero-order chi connectivity index (χ0) is 18.1. The monoisotopic (exact) mass is 373 g/mol. The molecule has 1 amide bonds. The summed E-state index contributed by atoms with van der Waals surface area (Å²) in [6.45, 7) is 6.15. The van der Waals surface area contributed by atoms with Gasteiger partial charge < -0.3 is 14.8 Å². The fourth-order valence-corrected chi connectivity index (χ4v) is 3.57. The van der Waals surface area contributed by atoms with Gasteiger partial charge in [-0.05, 0) is 30.2 Å². The Labute approximate surface area is 150 Å². The summed E-state index contributed by atoms with van der Waals surface area (Å²) in [5.74, 6) is -0.478. The minimum Gasteiger partial charge on any atom is -0.468 e. The van der Waals surface area contributed by atoms with Gasteiger partial charge in [0.25, 0.3) is 0 Å². The van der Waals surface area contributed by atoms with Gasteiger partial charge in [-0.25, -0.2) is 4.79 Å². The first kappa shape index (κ1) is 20.5. The molecular formula is C16H23NO5S2. The summed E-state index contributed by atoms with van der Waals surface area (Å²) in [7, 11) is 1.30. The molecule has 1 aromatic heterocycles. The van der Waals surface area contributed by atoms with E-state index in [1.807, 2.05) is 5.38 Å². The number of hydrogen-bond acceptors (Lipinski definition) is 7. The SMILES string of the molecule is CCOC(=O)c1c(CC(C)C)csc1NC(=O)CSCC(=O)OC. The maximum atomic E-state index is 12.2. The van der Waals surface area contributed by atoms with Gasteiger partial charge in [0.05, 0.1) is 30.8 Å². The number of hydrogen-bond donors (Lipinski definition) is 1. The van der Waals surface area contributed by atoms with E-state index in [2.05, 4.69) is 23.9 Å². The number of thiophene rings is 1. The number of rotatable bonds is 9. The molecule has 0 spiro atoms. The standard InChI is InChI=1S/C16H23NO5S2/c1-5-22-16(20)14-11(6-10(2)3)7-24-15(14)17-12(18)8-23-9-13(19)21-4/h7,10H,5-6,8-9H2,1-4H3,(H,17,18). The number of anilines is 1. The average molecular weight is 373 g/mol. The van der Waals surface area contributed by atoms with Crippen molar-refractivity contribution >= 4 is 45.9 Å². The summed E-state index contributed by atoms with van der Waals surface area (Å²) in [6.07, 6.45) is 0.734. The summed E-state index contributed by atoms with van der Waals surface area (Å²) < 4.78 is 9.63. The van der Waals surface area contributed by atoms with Gasteiger partial charge in [-0.3, -0.25) is 9.59 Å². The molecule has 1 heterocycles. The molecule has 0 atom stereocenters. The second-order valence-corrected chi connectivity index (χ2v) is 7.27. The van der Waals surface area contributed by atoms with E-state index in [9.17, 15) is 14.4 Å². The molecule has 24 heavy (non-hydrogen) atoms. The van der Waals surface area contributed by atoms with Crippen molar-refractivity contribution in [3.63, 3.8) is 0 Å². The van der Waals surface area contributed by atoms with Crippen LogP contribution in [0.5, 0.6) is 0 Å². The van der Waals surface area contributed by atoms with Gasteiger partial charge in [-0.15, -0.1) is 23.1 Å². The van der Waals surface area contributed by atoms with Crippen LogP contribution in [0.4, 0.5) is 5.00 Å². The molecule has 0 aliphatic rings. The van der Waals surface area contributed by atoms with E-state index in [1.54, 1.807) is 6.92 Å². The molecule has 6 nitrogen and oxygen atoms in total. The number of ether oxygens (including phenoxy) is 2. The zero-order valence-electron chi connectivity index (χ0n) is 14.3. The van der Waals surface area contributed by atoms with Crippen molar-refractivity contribution in [1.82, 2.24) is 0 Å². The molecule has 0 unspecified atom stereocenters.